The van der Waals surface area contributed by atoms with Crippen LogP contribution >= 0.6 is 0 Å². The van der Waals surface area contributed by atoms with E-state index in [1.54, 1.807) is 52.3 Å². The molecular formula is C45H49F2N9O4. The number of para-hydroxylation sites is 1. The van der Waals surface area contributed by atoms with E-state index in [0.717, 1.165) is 48.1 Å². The maximum absolute atomic E-state index is 16.3. The Morgan fingerprint density at radius 3 is 2.43 bits per heavy atom. The average Bonchev–Trinajstić information content (AvgIpc) is 3.68. The molecule has 2 aromatic heterocycles. The van der Waals surface area contributed by atoms with Gasteiger partial charge in [0.1, 0.15) is 17.6 Å². The van der Waals surface area contributed by atoms with Gasteiger partial charge in [0.25, 0.3) is 5.91 Å². The zero-order valence-electron chi connectivity index (χ0n) is 33.4. The predicted molar refractivity (Wildman–Crippen MR) is 226 cm³/mol. The topological polar surface area (TPSA) is 153 Å². The number of piperidine rings is 3. The first kappa shape index (κ1) is 39.4. The van der Waals surface area contributed by atoms with Gasteiger partial charge in [-0.2, -0.15) is 0 Å². The van der Waals surface area contributed by atoms with E-state index in [0.29, 0.717) is 61.7 Å². The third-order valence-electron chi connectivity index (χ3n) is 12.8. The van der Waals surface area contributed by atoms with Gasteiger partial charge in [0.15, 0.2) is 5.82 Å². The highest BCUT2D eigenvalue weighted by Gasteiger charge is 2.39. The van der Waals surface area contributed by atoms with Crippen molar-refractivity contribution in [2.45, 2.75) is 62.3 Å². The first-order valence-electron chi connectivity index (χ1n) is 20.8. The molecule has 4 N–H and O–H groups in total. The molecule has 9 rings (SSSR count). The number of halogens is 2. The molecule has 0 radical (unpaired) electrons. The van der Waals surface area contributed by atoms with Gasteiger partial charge >= 0.3 is 6.03 Å². The minimum Gasteiger partial charge on any atom is -0.507 e. The summed E-state index contributed by atoms with van der Waals surface area (Å²) in [6, 6.07) is 23.8. The molecule has 0 spiro atoms. The van der Waals surface area contributed by atoms with Crippen molar-refractivity contribution in [3.63, 3.8) is 0 Å². The van der Waals surface area contributed by atoms with E-state index in [-0.39, 0.29) is 61.1 Å². The number of alkyl halides is 2. The van der Waals surface area contributed by atoms with Crippen LogP contribution in [0.5, 0.6) is 5.75 Å². The number of aromatic hydroxyl groups is 1. The summed E-state index contributed by atoms with van der Waals surface area (Å²) in [4.78, 5) is 45.0. The number of rotatable bonds is 8. The van der Waals surface area contributed by atoms with Crippen LogP contribution in [-0.4, -0.2) is 112 Å². The summed E-state index contributed by atoms with van der Waals surface area (Å²) in [6.45, 7) is 3.57. The molecule has 3 aromatic carbocycles. The number of benzene rings is 3. The summed E-state index contributed by atoms with van der Waals surface area (Å²) in [5.74, 6) is -0.311. The van der Waals surface area contributed by atoms with Gasteiger partial charge in [-0.25, -0.2) is 13.6 Å². The van der Waals surface area contributed by atoms with Crippen LogP contribution in [0.25, 0.3) is 22.2 Å². The molecule has 6 heterocycles. The van der Waals surface area contributed by atoms with Crippen LogP contribution in [0.15, 0.2) is 85.1 Å². The van der Waals surface area contributed by atoms with Crippen LogP contribution in [-0.2, 0) is 4.79 Å². The van der Waals surface area contributed by atoms with Crippen LogP contribution in [0.1, 0.15) is 66.4 Å². The molecular weight excluding hydrogens is 769 g/mol. The summed E-state index contributed by atoms with van der Waals surface area (Å²) < 4.78 is 33.9. The van der Waals surface area contributed by atoms with E-state index in [1.807, 2.05) is 35.2 Å². The lowest BCUT2D eigenvalue weighted by atomic mass is 9.88. The highest BCUT2D eigenvalue weighted by Crippen LogP contribution is 2.37. The molecule has 4 fully saturated rings. The van der Waals surface area contributed by atoms with Crippen LogP contribution in [0.2, 0.25) is 0 Å². The Hall–Kier alpha value is -6.09. The minimum atomic E-state index is -1.37. The second-order valence-corrected chi connectivity index (χ2v) is 16.7. The number of hydrogen-bond acceptors (Lipinski definition) is 9. The van der Waals surface area contributed by atoms with Gasteiger partial charge in [-0.05, 0) is 79.4 Å². The lowest BCUT2D eigenvalue weighted by molar-refractivity contribution is -0.120. The number of anilines is 3. The SMILES string of the molecule is Nc1nnc(-c2ccccc2O)cc1N1C[C@H](F)C[C@H](c2ccc(C(=O)N3CCC(F)(CN4CCC(n5ccc6cc(N7CCC(=O)NC7=O)ccc65)CC4)CC3)cc2)C1. The van der Waals surface area contributed by atoms with Gasteiger partial charge in [-0.3, -0.25) is 19.8 Å². The maximum Gasteiger partial charge on any atom is 0.328 e. The Morgan fingerprint density at radius 1 is 0.917 bits per heavy atom. The lowest BCUT2D eigenvalue weighted by Crippen LogP contribution is -2.51. The third-order valence-corrected chi connectivity index (χ3v) is 12.8. The molecule has 5 aromatic rings. The Labute approximate surface area is 346 Å². The van der Waals surface area contributed by atoms with Crippen molar-refractivity contribution >= 4 is 45.9 Å². The molecule has 0 aliphatic carbocycles. The summed E-state index contributed by atoms with van der Waals surface area (Å²) in [5.41, 5.74) is 9.63. The standard InChI is InChI=1S/C45H49F2N9O4/c46-33-23-32(26-54(27-33)39-25-37(50-51-42(39)48)36-3-1-2-4-40(36)57)29-5-7-30(8-6-29)43(59)53-21-15-45(47,16-22-53)28-52-17-12-34(13-18-52)55-19-11-31-24-35(9-10-38(31)55)56-20-14-41(58)49-44(56)60/h1-11,19,24-25,32-34,57H,12-18,20-23,26-28H2,(H2,48,51)(H,49,58,60)/t32-,33+/m0/s1. The number of carbonyl (C=O) groups excluding carboxylic acids is 3. The van der Waals surface area contributed by atoms with Gasteiger partial charge in [0, 0.05) is 117 Å². The van der Waals surface area contributed by atoms with Gasteiger partial charge in [-0.1, -0.05) is 24.3 Å². The number of hydrogen-bond donors (Lipinski definition) is 3. The number of nitrogens with one attached hydrogen (secondary N) is 1. The highest BCUT2D eigenvalue weighted by atomic mass is 19.1. The normalized spacial score (nSPS) is 21.7. The van der Waals surface area contributed by atoms with Crippen molar-refractivity contribution in [3.05, 3.63) is 96.2 Å². The number of fused-ring (bicyclic) bond motifs is 1. The Kier molecular flexibility index (Phi) is 10.6. The fraction of sp³-hybridized carbons (Fsp3) is 0.400. The number of likely N-dealkylation sites (tertiary alicyclic amines) is 2. The Morgan fingerprint density at radius 2 is 1.68 bits per heavy atom. The van der Waals surface area contributed by atoms with Crippen molar-refractivity contribution in [3.8, 4) is 17.0 Å². The lowest BCUT2D eigenvalue weighted by Gasteiger charge is -2.41. The molecule has 4 saturated heterocycles. The number of phenolic OH excluding ortho intramolecular Hbond substituents is 1. The zero-order chi connectivity index (χ0) is 41.5. The second-order valence-electron chi connectivity index (χ2n) is 16.7. The van der Waals surface area contributed by atoms with Crippen molar-refractivity contribution in [1.29, 1.82) is 0 Å². The van der Waals surface area contributed by atoms with Gasteiger partial charge in [0.05, 0.1) is 11.4 Å². The second kappa shape index (κ2) is 16.2. The predicted octanol–water partition coefficient (Wildman–Crippen LogP) is 6.45. The van der Waals surface area contributed by atoms with E-state index in [9.17, 15) is 19.5 Å². The number of urea groups is 1. The third kappa shape index (κ3) is 7.97. The average molecular weight is 818 g/mol. The highest BCUT2D eigenvalue weighted by molar-refractivity contribution is 6.06. The van der Waals surface area contributed by atoms with Crippen molar-refractivity contribution in [2.24, 2.45) is 0 Å². The van der Waals surface area contributed by atoms with E-state index in [4.69, 9.17) is 5.73 Å². The summed E-state index contributed by atoms with van der Waals surface area (Å²) in [5, 5.41) is 22.0. The molecule has 0 saturated carbocycles. The maximum atomic E-state index is 16.3. The summed E-state index contributed by atoms with van der Waals surface area (Å²) in [6.07, 6.45) is 3.90. The van der Waals surface area contributed by atoms with Crippen molar-refractivity contribution in [2.75, 3.05) is 67.9 Å². The van der Waals surface area contributed by atoms with Gasteiger partial charge in [0.2, 0.25) is 5.91 Å². The Bertz CT molecular complexity index is 2410. The molecule has 4 amide bonds. The van der Waals surface area contributed by atoms with Crippen molar-refractivity contribution < 1.29 is 28.3 Å². The number of phenols is 1. The molecule has 0 bridgehead atoms. The Balaban J connectivity index is 0.770. The van der Waals surface area contributed by atoms with E-state index < -0.39 is 17.9 Å². The number of nitrogen functional groups attached to an aromatic ring is 1. The number of nitrogens with two attached hydrogens (primary N) is 1. The first-order valence-corrected chi connectivity index (χ1v) is 20.8. The molecule has 2 atom stereocenters. The quantitative estimate of drug-likeness (QED) is 0.161. The van der Waals surface area contributed by atoms with Gasteiger partial charge < -0.3 is 30.1 Å². The number of carbonyl (C=O) groups is 3. The fourth-order valence-electron chi connectivity index (χ4n) is 9.50. The summed E-state index contributed by atoms with van der Waals surface area (Å²) >= 11 is 0. The smallest absolute Gasteiger partial charge is 0.328 e. The van der Waals surface area contributed by atoms with Crippen molar-refractivity contribution in [1.82, 2.24) is 29.9 Å². The number of imide groups is 1. The molecule has 15 heteroatoms. The minimum absolute atomic E-state index is 0.0619. The van der Waals surface area contributed by atoms with E-state index >= 15 is 8.78 Å². The van der Waals surface area contributed by atoms with E-state index in [2.05, 4.69) is 37.2 Å². The molecule has 13 nitrogen and oxygen atoms in total. The molecule has 0 unspecified atom stereocenters. The monoisotopic (exact) mass is 817 g/mol. The fourth-order valence-corrected chi connectivity index (χ4v) is 9.50. The summed E-state index contributed by atoms with van der Waals surface area (Å²) in [7, 11) is 0. The van der Waals surface area contributed by atoms with E-state index in [1.165, 1.54) is 0 Å². The molecule has 312 valence electrons. The molecule has 4 aliphatic heterocycles. The first-order chi connectivity index (χ1) is 29.0. The van der Waals surface area contributed by atoms with Crippen LogP contribution in [0.4, 0.5) is 30.8 Å². The molecule has 60 heavy (non-hydrogen) atoms. The largest absolute Gasteiger partial charge is 0.507 e. The zero-order valence-corrected chi connectivity index (χ0v) is 33.4. The van der Waals surface area contributed by atoms with Crippen LogP contribution < -0.4 is 20.9 Å². The number of nitrogens with zero attached hydrogens (tertiary/aromatic N) is 7. The number of aromatic nitrogens is 3. The number of amides is 4. The van der Waals surface area contributed by atoms with Crippen LogP contribution in [0, 0.1) is 0 Å². The van der Waals surface area contributed by atoms with Crippen LogP contribution in [0.3, 0.4) is 0 Å². The van der Waals surface area contributed by atoms with Gasteiger partial charge in [-0.15, -0.1) is 10.2 Å². The molecule has 4 aliphatic rings.